The molecule has 0 aromatic heterocycles. The summed E-state index contributed by atoms with van der Waals surface area (Å²) >= 11 is 0. The second-order valence-corrected chi connectivity index (χ2v) is 7.00. The van der Waals surface area contributed by atoms with Crippen molar-refractivity contribution in [2.75, 3.05) is 6.61 Å². The van der Waals surface area contributed by atoms with Gasteiger partial charge in [0.15, 0.2) is 0 Å². The Kier molecular flexibility index (Phi) is 7.60. The molecule has 24 heavy (non-hydrogen) atoms. The van der Waals surface area contributed by atoms with Crippen molar-refractivity contribution in [3.05, 3.63) is 42.5 Å². The summed E-state index contributed by atoms with van der Waals surface area (Å²) in [5.74, 6) is -1.42. The average Bonchev–Trinajstić information content (AvgIpc) is 2.51. The molecule has 1 N–H and O–H groups in total. The number of nitrogens with one attached hydrogen (secondary N) is 1. The van der Waals surface area contributed by atoms with Gasteiger partial charge in [-0.2, -0.15) is 0 Å². The highest BCUT2D eigenvalue weighted by atomic mass is 32.2. The van der Waals surface area contributed by atoms with Crippen LogP contribution in [0.15, 0.2) is 47.4 Å². The molecule has 1 atom stereocenters. The highest BCUT2D eigenvalue weighted by Gasteiger charge is 2.17. The molecular weight excluding hydrogens is 334 g/mol. The number of carbonyl (C=O) groups excluding carboxylic acids is 2. The van der Waals surface area contributed by atoms with Crippen LogP contribution in [-0.4, -0.2) is 39.1 Å². The minimum Gasteiger partial charge on any atom is -0.461 e. The molecule has 8 heteroatoms. The smallest absolute Gasteiger partial charge is 0.331 e. The summed E-state index contributed by atoms with van der Waals surface area (Å²) in [5, 5.41) is 0. The van der Waals surface area contributed by atoms with Crippen LogP contribution < -0.4 is 4.72 Å². The van der Waals surface area contributed by atoms with Crippen LogP contribution in [0.5, 0.6) is 0 Å². The number of sulfonamides is 1. The fourth-order valence-corrected chi connectivity index (χ4v) is 2.88. The van der Waals surface area contributed by atoms with E-state index in [0.717, 1.165) is 12.2 Å². The molecule has 7 nitrogen and oxygen atoms in total. The molecule has 1 rings (SSSR count). The largest absolute Gasteiger partial charge is 0.461 e. The predicted molar refractivity (Wildman–Crippen MR) is 87.6 cm³/mol. The Hall–Kier alpha value is -2.19. The van der Waals surface area contributed by atoms with Gasteiger partial charge in [0.05, 0.1) is 17.0 Å². The molecular formula is C16H21NO6S. The lowest BCUT2D eigenvalue weighted by atomic mass is 10.4. The molecule has 1 aromatic carbocycles. The molecule has 0 heterocycles. The van der Waals surface area contributed by atoms with Crippen molar-refractivity contribution in [3.63, 3.8) is 0 Å². The second kappa shape index (κ2) is 9.19. The molecule has 0 bridgehead atoms. The SMILES string of the molecule is CC(COC(=O)/C=C/C(=O)OC(C)C)NS(=O)(=O)c1ccccc1. The Labute approximate surface area is 141 Å². The molecule has 0 saturated carbocycles. The summed E-state index contributed by atoms with van der Waals surface area (Å²) in [6.07, 6.45) is 1.61. The number of rotatable bonds is 8. The van der Waals surface area contributed by atoms with E-state index >= 15 is 0 Å². The molecule has 0 spiro atoms. The van der Waals surface area contributed by atoms with Crippen LogP contribution in [0.1, 0.15) is 20.8 Å². The molecule has 1 unspecified atom stereocenters. The van der Waals surface area contributed by atoms with Crippen molar-refractivity contribution in [2.24, 2.45) is 0 Å². The molecule has 0 aliphatic rings. The van der Waals surface area contributed by atoms with Gasteiger partial charge in [0, 0.05) is 12.2 Å². The summed E-state index contributed by atoms with van der Waals surface area (Å²) in [6, 6.07) is 7.23. The first-order chi connectivity index (χ1) is 11.2. The minimum atomic E-state index is -3.68. The Morgan fingerprint density at radius 3 is 2.25 bits per heavy atom. The summed E-state index contributed by atoms with van der Waals surface area (Å²) in [7, 11) is -3.68. The lowest BCUT2D eigenvalue weighted by Gasteiger charge is -2.14. The minimum absolute atomic E-state index is 0.125. The van der Waals surface area contributed by atoms with Crippen molar-refractivity contribution >= 4 is 22.0 Å². The first kappa shape index (κ1) is 19.9. The molecule has 132 valence electrons. The second-order valence-electron chi connectivity index (χ2n) is 5.28. The zero-order valence-electron chi connectivity index (χ0n) is 13.8. The summed E-state index contributed by atoms with van der Waals surface area (Å²) in [6.45, 7) is 4.76. The van der Waals surface area contributed by atoms with Crippen molar-refractivity contribution < 1.29 is 27.5 Å². The number of benzene rings is 1. The summed E-state index contributed by atoms with van der Waals surface area (Å²) < 4.78 is 36.3. The van der Waals surface area contributed by atoms with Gasteiger partial charge in [0.2, 0.25) is 10.0 Å². The van der Waals surface area contributed by atoms with E-state index in [1.54, 1.807) is 39.0 Å². The van der Waals surface area contributed by atoms with E-state index in [-0.39, 0.29) is 17.6 Å². The molecule has 0 amide bonds. The van der Waals surface area contributed by atoms with Crippen LogP contribution in [-0.2, 0) is 29.1 Å². The van der Waals surface area contributed by atoms with Gasteiger partial charge < -0.3 is 9.47 Å². The number of esters is 2. The Morgan fingerprint density at radius 1 is 1.08 bits per heavy atom. The van der Waals surface area contributed by atoms with E-state index < -0.39 is 28.0 Å². The molecule has 0 aliphatic heterocycles. The normalized spacial score (nSPS) is 13.0. The Balaban J connectivity index is 2.46. The molecule has 1 aromatic rings. The topological polar surface area (TPSA) is 98.8 Å². The van der Waals surface area contributed by atoms with Gasteiger partial charge in [-0.05, 0) is 32.9 Å². The van der Waals surface area contributed by atoms with E-state index in [1.165, 1.54) is 12.1 Å². The number of hydrogen-bond acceptors (Lipinski definition) is 6. The van der Waals surface area contributed by atoms with Gasteiger partial charge in [0.1, 0.15) is 6.61 Å². The van der Waals surface area contributed by atoms with Gasteiger partial charge in [-0.1, -0.05) is 18.2 Å². The maximum absolute atomic E-state index is 12.1. The molecule has 0 fully saturated rings. The van der Waals surface area contributed by atoms with Gasteiger partial charge in [-0.3, -0.25) is 0 Å². The summed E-state index contributed by atoms with van der Waals surface area (Å²) in [5.41, 5.74) is 0. The van der Waals surface area contributed by atoms with Crippen LogP contribution in [0.25, 0.3) is 0 Å². The van der Waals surface area contributed by atoms with Gasteiger partial charge in [-0.15, -0.1) is 0 Å². The fraction of sp³-hybridized carbons (Fsp3) is 0.375. The highest BCUT2D eigenvalue weighted by Crippen LogP contribution is 2.08. The lowest BCUT2D eigenvalue weighted by molar-refractivity contribution is -0.143. The number of hydrogen-bond donors (Lipinski definition) is 1. The maximum atomic E-state index is 12.1. The number of carbonyl (C=O) groups is 2. The first-order valence-corrected chi connectivity index (χ1v) is 8.82. The van der Waals surface area contributed by atoms with Crippen LogP contribution in [0.3, 0.4) is 0 Å². The van der Waals surface area contributed by atoms with Crippen LogP contribution in [0.4, 0.5) is 0 Å². The third kappa shape index (κ3) is 7.38. The van der Waals surface area contributed by atoms with Crippen molar-refractivity contribution in [1.29, 1.82) is 0 Å². The van der Waals surface area contributed by atoms with Crippen LogP contribution in [0, 0.1) is 0 Å². The van der Waals surface area contributed by atoms with Crippen LogP contribution in [0.2, 0.25) is 0 Å². The molecule has 0 aliphatic carbocycles. The third-order valence-electron chi connectivity index (χ3n) is 2.59. The van der Waals surface area contributed by atoms with Gasteiger partial charge >= 0.3 is 11.9 Å². The van der Waals surface area contributed by atoms with Crippen molar-refractivity contribution in [2.45, 2.75) is 37.8 Å². The molecule has 0 radical (unpaired) electrons. The predicted octanol–water partition coefficient (Wildman–Crippen LogP) is 1.40. The van der Waals surface area contributed by atoms with Crippen molar-refractivity contribution in [1.82, 2.24) is 4.72 Å². The van der Waals surface area contributed by atoms with Crippen LogP contribution >= 0.6 is 0 Å². The summed E-state index contributed by atoms with van der Waals surface area (Å²) in [4.78, 5) is 22.8. The molecule has 0 saturated heterocycles. The first-order valence-electron chi connectivity index (χ1n) is 7.33. The van der Waals surface area contributed by atoms with E-state index in [1.807, 2.05) is 0 Å². The van der Waals surface area contributed by atoms with Crippen molar-refractivity contribution in [3.8, 4) is 0 Å². The van der Waals surface area contributed by atoms with E-state index in [2.05, 4.69) is 4.72 Å². The fourth-order valence-electron chi connectivity index (χ4n) is 1.63. The average molecular weight is 355 g/mol. The standard InChI is InChI=1S/C16H21NO6S/c1-12(2)23-16(19)10-9-15(18)22-11-13(3)17-24(20,21)14-7-5-4-6-8-14/h4-10,12-13,17H,11H2,1-3H3/b10-9+. The van der Waals surface area contributed by atoms with Gasteiger partial charge in [-0.25, -0.2) is 22.7 Å². The highest BCUT2D eigenvalue weighted by molar-refractivity contribution is 7.89. The van der Waals surface area contributed by atoms with E-state index in [9.17, 15) is 18.0 Å². The van der Waals surface area contributed by atoms with Gasteiger partial charge in [0.25, 0.3) is 0 Å². The Morgan fingerprint density at radius 2 is 1.67 bits per heavy atom. The monoisotopic (exact) mass is 355 g/mol. The number of ether oxygens (including phenoxy) is 2. The van der Waals surface area contributed by atoms with E-state index in [0.29, 0.717) is 0 Å². The zero-order valence-corrected chi connectivity index (χ0v) is 14.6. The zero-order chi connectivity index (χ0) is 18.2. The third-order valence-corrected chi connectivity index (χ3v) is 4.20. The Bertz CT molecular complexity index is 682. The van der Waals surface area contributed by atoms with E-state index in [4.69, 9.17) is 9.47 Å². The quantitative estimate of drug-likeness (QED) is 0.559. The maximum Gasteiger partial charge on any atom is 0.331 e. The lowest BCUT2D eigenvalue weighted by Crippen LogP contribution is -2.36.